The average Bonchev–Trinajstić information content (AvgIpc) is 0.756. The van der Waals surface area contributed by atoms with Gasteiger partial charge in [-0.3, -0.25) is 15.0 Å². The van der Waals surface area contributed by atoms with Gasteiger partial charge in [0.05, 0.1) is 16.6 Å². The predicted octanol–water partition coefficient (Wildman–Crippen LogP) is 24.1. The van der Waals surface area contributed by atoms with Crippen LogP contribution < -0.4 is 49.2 Å². The summed E-state index contributed by atoms with van der Waals surface area (Å²) in [5.41, 5.74) is 44.4. The number of nitrogens with zero attached hydrogens (tertiary/aromatic N) is 3. The molecule has 0 aliphatic rings. The number of aromatic nitrogens is 3. The second kappa shape index (κ2) is 32.9. The number of benzene rings is 17. The molecule has 3 heterocycles. The summed E-state index contributed by atoms with van der Waals surface area (Å²) in [6.07, 6.45) is 6.07. The van der Waals surface area contributed by atoms with E-state index in [0.29, 0.717) is 0 Å². The topological polar surface area (TPSA) is 38.7 Å². The first-order chi connectivity index (χ1) is 59.4. The van der Waals surface area contributed by atoms with Crippen molar-refractivity contribution in [1.29, 1.82) is 0 Å². The van der Waals surface area contributed by atoms with Crippen molar-refractivity contribution < 1.29 is 0 Å². The number of rotatable bonds is 11. The monoisotopic (exact) mass is 1580 g/mol. The lowest BCUT2D eigenvalue weighted by atomic mass is 9.34. The number of hydrogen-bond acceptors (Lipinski definition) is 3. The second-order valence-corrected chi connectivity index (χ2v) is 35.7. The van der Waals surface area contributed by atoms with Gasteiger partial charge in [-0.25, -0.2) is 0 Å². The average molecular weight is 1580 g/mol. The summed E-state index contributed by atoms with van der Waals surface area (Å²) in [5, 5.41) is 18.6. The van der Waals surface area contributed by atoms with E-state index in [1.54, 1.807) is 0 Å². The Morgan fingerprint density at radius 2 is 0.415 bits per heavy atom. The van der Waals surface area contributed by atoms with Crippen LogP contribution in [0.15, 0.2) is 304 Å². The molecule has 0 saturated heterocycles. The van der Waals surface area contributed by atoms with E-state index >= 15 is 0 Å². The van der Waals surface area contributed by atoms with E-state index in [0.717, 1.165) is 16.6 Å². The van der Waals surface area contributed by atoms with Gasteiger partial charge in [0.2, 0.25) is 20.1 Å². The summed E-state index contributed by atoms with van der Waals surface area (Å²) >= 11 is 0. The summed E-state index contributed by atoms with van der Waals surface area (Å²) in [4.78, 5) is 14.8. The van der Waals surface area contributed by atoms with Crippen LogP contribution in [0.1, 0.15) is 100 Å². The molecule has 0 N–H and O–H groups in total. The van der Waals surface area contributed by atoms with Crippen LogP contribution in [-0.2, 0) is 0 Å². The Balaban J connectivity index is 0.000000126. The molecule has 0 amide bonds. The molecule has 17 aromatic carbocycles. The van der Waals surface area contributed by atoms with Gasteiger partial charge in [0.1, 0.15) is 0 Å². The molecule has 0 unspecified atom stereocenters. The van der Waals surface area contributed by atoms with Crippen molar-refractivity contribution >= 4 is 167 Å². The molecule has 0 saturated carbocycles. The highest BCUT2D eigenvalue weighted by Gasteiger charge is 2.33. The van der Waals surface area contributed by atoms with E-state index < -0.39 is 0 Å². The molecular weight excluding hydrogens is 1480 g/mol. The first-order valence-corrected chi connectivity index (χ1v) is 43.7. The van der Waals surface area contributed by atoms with Gasteiger partial charge in [0.15, 0.2) is 0 Å². The van der Waals surface area contributed by atoms with Gasteiger partial charge < -0.3 is 0 Å². The maximum Gasteiger partial charge on any atom is 0.242 e. The molecular formula is C117H104B3N3. The maximum atomic E-state index is 4.96. The van der Waals surface area contributed by atoms with Crippen LogP contribution in [0.2, 0.25) is 0 Å². The first-order valence-electron chi connectivity index (χ1n) is 43.7. The number of hydrogen-bond donors (Lipinski definition) is 0. The van der Waals surface area contributed by atoms with Gasteiger partial charge in [-0.1, -0.05) is 416 Å². The Morgan fingerprint density at radius 3 is 0.740 bits per heavy atom. The second-order valence-electron chi connectivity index (χ2n) is 35.7. The smallest absolute Gasteiger partial charge is 0.242 e. The predicted molar refractivity (Wildman–Crippen MR) is 539 cm³/mol. The van der Waals surface area contributed by atoms with Crippen molar-refractivity contribution in [2.24, 2.45) is 0 Å². The van der Waals surface area contributed by atoms with E-state index in [-0.39, 0.29) is 20.1 Å². The fourth-order valence-electron chi connectivity index (χ4n) is 21.7. The zero-order chi connectivity index (χ0) is 85.5. The summed E-state index contributed by atoms with van der Waals surface area (Å²) in [7, 11) is 0. The van der Waals surface area contributed by atoms with Crippen molar-refractivity contribution in [3.63, 3.8) is 0 Å². The molecule has 123 heavy (non-hydrogen) atoms. The van der Waals surface area contributed by atoms with Gasteiger partial charge in [0.25, 0.3) is 0 Å². The standard InChI is InChI=1S/2C41H36BN.C35H32BN/c1-25-18-27(3)40(28(4)19-25)42(41-29(5)20-26(2)21-30(41)6)35-12-9-11-32(22-35)33-16-17-37-38(23-33)43-24-34-15-14-31-10-7-8-13-36(31)39(34)37;1-25-19-27(3)40(28(4)20-25)42(41-29(5)21-26(2)22-30(41)6)35-16-13-31(14-17-35)33-15-18-37-38(23-33)43-24-34-12-11-32-9-7-8-10-36(32)39(34)37;1-21-15-23(3)34(24(4)16-21)36(35-25(5)17-22(2)18-26(35)6)29-13-14-31-32(19-29)37-20-28-12-11-27-9-7-8-10-30(27)33(28)31/h2*7-24H,1-6H3;7-20H,1-6H3. The molecule has 3 aromatic heterocycles. The molecule has 0 aliphatic heterocycles. The minimum Gasteiger partial charge on any atom is -0.256 e. The van der Waals surface area contributed by atoms with Crippen molar-refractivity contribution in [1.82, 2.24) is 15.0 Å². The Bertz CT molecular complexity index is 7370. The zero-order valence-corrected chi connectivity index (χ0v) is 74.4. The molecule has 3 nitrogen and oxygen atoms in total. The Morgan fingerprint density at radius 1 is 0.171 bits per heavy atom. The largest absolute Gasteiger partial charge is 0.256 e. The number of pyridine rings is 3. The van der Waals surface area contributed by atoms with Crippen LogP contribution >= 0.6 is 0 Å². The Hall–Kier alpha value is -13.3. The third-order valence-corrected chi connectivity index (χ3v) is 26.4. The third kappa shape index (κ3) is 15.3. The minimum atomic E-state index is 0.148. The fourth-order valence-corrected chi connectivity index (χ4v) is 21.7. The van der Waals surface area contributed by atoms with E-state index in [1.807, 2.05) is 18.6 Å². The molecule has 0 radical (unpaired) electrons. The quantitative estimate of drug-likeness (QED) is 0.0957. The first kappa shape index (κ1) is 80.8. The van der Waals surface area contributed by atoms with Gasteiger partial charge in [0, 0.05) is 67.1 Å². The molecule has 20 aromatic rings. The summed E-state index contributed by atoms with van der Waals surface area (Å²) < 4.78 is 0. The highest BCUT2D eigenvalue weighted by atomic mass is 14.7. The van der Waals surface area contributed by atoms with E-state index in [9.17, 15) is 0 Å². The maximum absolute atomic E-state index is 4.96. The van der Waals surface area contributed by atoms with Crippen LogP contribution in [0, 0.1) is 125 Å². The molecule has 0 aliphatic carbocycles. The molecule has 0 fully saturated rings. The van der Waals surface area contributed by atoms with E-state index in [4.69, 9.17) is 15.0 Å². The molecule has 0 atom stereocenters. The van der Waals surface area contributed by atoms with Crippen LogP contribution in [0.5, 0.6) is 0 Å². The molecule has 0 bridgehead atoms. The van der Waals surface area contributed by atoms with Crippen LogP contribution in [0.3, 0.4) is 0 Å². The molecule has 6 heteroatoms. The number of aryl methyl sites for hydroxylation is 18. The van der Waals surface area contributed by atoms with Crippen molar-refractivity contribution in [3.05, 3.63) is 404 Å². The van der Waals surface area contributed by atoms with Gasteiger partial charge in [-0.15, -0.1) is 0 Å². The van der Waals surface area contributed by atoms with E-state index in [2.05, 4.69) is 410 Å². The molecule has 20 rings (SSSR count). The lowest BCUT2D eigenvalue weighted by Gasteiger charge is -2.25. The fraction of sp³-hybridized carbons (Fsp3) is 0.154. The summed E-state index contributed by atoms with van der Waals surface area (Å²) in [6, 6.07) is 106. The van der Waals surface area contributed by atoms with Crippen molar-refractivity contribution in [2.45, 2.75) is 125 Å². The SMILES string of the molecule is Cc1cc(C)c(B(c2ccc(-c3ccc4c(c3)ncc3ccc5ccccc5c34)cc2)c2c(C)cc(C)cc2C)c(C)c1.Cc1cc(C)c(B(c2ccc3c(c2)ncc2ccc4ccccc4c23)c2c(C)cc(C)cc2C)c(C)c1.Cc1cc(C)c(B(c2cccc(-c3ccc4c(c3)ncc3ccc5ccccc5c34)c2)c2c(C)cc(C)cc2C)c(C)c1. The highest BCUT2D eigenvalue weighted by molar-refractivity contribution is 6.98. The summed E-state index contributed by atoms with van der Waals surface area (Å²) in [6.45, 7) is 40.9. The highest BCUT2D eigenvalue weighted by Crippen LogP contribution is 2.37. The normalized spacial score (nSPS) is 11.5. The van der Waals surface area contributed by atoms with E-state index in [1.165, 1.54) is 252 Å². The van der Waals surface area contributed by atoms with Crippen molar-refractivity contribution in [2.75, 3.05) is 0 Å². The lowest BCUT2D eigenvalue weighted by molar-refractivity contribution is 1.34. The van der Waals surface area contributed by atoms with Gasteiger partial charge in [-0.05, 0) is 197 Å². The Kier molecular flexibility index (Phi) is 21.6. The van der Waals surface area contributed by atoms with Gasteiger partial charge in [-0.2, -0.15) is 0 Å². The zero-order valence-electron chi connectivity index (χ0n) is 74.4. The molecule has 0 spiro atoms. The lowest BCUT2D eigenvalue weighted by Crippen LogP contribution is -2.55. The Labute approximate surface area is 727 Å². The molecule has 596 valence electrons. The van der Waals surface area contributed by atoms with Crippen LogP contribution in [-0.4, -0.2) is 35.1 Å². The van der Waals surface area contributed by atoms with Crippen molar-refractivity contribution in [3.8, 4) is 22.3 Å². The van der Waals surface area contributed by atoms with Crippen LogP contribution in [0.4, 0.5) is 0 Å². The van der Waals surface area contributed by atoms with Crippen LogP contribution in [0.25, 0.3) is 120 Å². The number of fused-ring (bicyclic) bond motifs is 15. The minimum absolute atomic E-state index is 0.148. The van der Waals surface area contributed by atoms with Gasteiger partial charge >= 0.3 is 0 Å². The summed E-state index contributed by atoms with van der Waals surface area (Å²) in [5.74, 6) is 0. The third-order valence-electron chi connectivity index (χ3n) is 26.4.